The summed E-state index contributed by atoms with van der Waals surface area (Å²) in [6.07, 6.45) is 1.98. The van der Waals surface area contributed by atoms with Crippen LogP contribution in [0.4, 0.5) is 0 Å². The van der Waals surface area contributed by atoms with Gasteiger partial charge in [0.1, 0.15) is 4.90 Å². The van der Waals surface area contributed by atoms with E-state index in [1.807, 2.05) is 0 Å². The fourth-order valence-corrected chi connectivity index (χ4v) is 4.03. The quantitative estimate of drug-likeness (QED) is 0.619. The fraction of sp³-hybridized carbons (Fsp3) is 0.636. The van der Waals surface area contributed by atoms with Crippen molar-refractivity contribution in [2.45, 2.75) is 49.6 Å². The maximum absolute atomic E-state index is 12.3. The molecule has 2 rings (SSSR count). The van der Waals surface area contributed by atoms with E-state index in [2.05, 4.69) is 14.9 Å². The average Bonchev–Trinajstić information content (AvgIpc) is 2.75. The van der Waals surface area contributed by atoms with Crippen LogP contribution in [0, 0.1) is 6.92 Å². The van der Waals surface area contributed by atoms with Crippen molar-refractivity contribution in [1.82, 2.24) is 14.9 Å². The van der Waals surface area contributed by atoms with E-state index in [1.165, 1.54) is 6.92 Å². The number of hydrogen-bond donors (Lipinski definition) is 4. The van der Waals surface area contributed by atoms with Crippen molar-refractivity contribution in [3.63, 3.8) is 0 Å². The number of rotatable bonds is 4. The third kappa shape index (κ3) is 2.84. The molecule has 1 saturated carbocycles. The number of carboxylic acids is 1. The normalized spacial score (nSPS) is 23.7. The van der Waals surface area contributed by atoms with Crippen LogP contribution in [-0.2, 0) is 10.0 Å². The Morgan fingerprint density at radius 1 is 1.40 bits per heavy atom. The zero-order chi connectivity index (χ0) is 14.9. The molecule has 20 heavy (non-hydrogen) atoms. The molecule has 4 N–H and O–H groups in total. The van der Waals surface area contributed by atoms with E-state index in [9.17, 15) is 18.3 Å². The Balaban J connectivity index is 2.31. The molecule has 1 fully saturated rings. The lowest BCUT2D eigenvalue weighted by Gasteiger charge is -2.28. The van der Waals surface area contributed by atoms with Crippen LogP contribution in [0.5, 0.6) is 0 Å². The summed E-state index contributed by atoms with van der Waals surface area (Å²) < 4.78 is 27.0. The minimum absolute atomic E-state index is 0.153. The minimum Gasteiger partial charge on any atom is -0.476 e. The standard InChI is InChI=1S/C11H17N3O5S/c1-6-10(9(11(16)17)13-12-6)20(18,19)14-7-4-2-3-5-8(7)15/h7-8,14-15H,2-5H2,1H3,(H,12,13)(H,16,17)/t7-,8-/m1/s1. The molecule has 1 aromatic rings. The van der Waals surface area contributed by atoms with Gasteiger partial charge < -0.3 is 10.2 Å². The van der Waals surface area contributed by atoms with Gasteiger partial charge >= 0.3 is 5.97 Å². The Labute approximate surface area is 116 Å². The SMILES string of the molecule is Cc1[nH]nc(C(=O)O)c1S(=O)(=O)N[C@@H]1CCCC[C@H]1O. The third-order valence-electron chi connectivity index (χ3n) is 3.40. The molecule has 2 atom stereocenters. The minimum atomic E-state index is -4.04. The van der Waals surface area contributed by atoms with Crippen LogP contribution in [0.3, 0.4) is 0 Å². The van der Waals surface area contributed by atoms with Crippen LogP contribution < -0.4 is 4.72 Å². The summed E-state index contributed by atoms with van der Waals surface area (Å²) in [6.45, 7) is 1.44. The predicted octanol–water partition coefficient (Wildman–Crippen LogP) is -0.00188. The predicted molar refractivity (Wildman–Crippen MR) is 68.9 cm³/mol. The first-order valence-corrected chi connectivity index (χ1v) is 7.80. The zero-order valence-corrected chi connectivity index (χ0v) is 11.8. The first-order valence-electron chi connectivity index (χ1n) is 6.31. The average molecular weight is 303 g/mol. The van der Waals surface area contributed by atoms with Crippen LogP contribution in [0.25, 0.3) is 0 Å². The zero-order valence-electron chi connectivity index (χ0n) is 11.0. The number of carboxylic acid groups (broad SMARTS) is 1. The summed E-state index contributed by atoms with van der Waals surface area (Å²) in [7, 11) is -4.04. The van der Waals surface area contributed by atoms with Gasteiger partial charge in [-0.15, -0.1) is 0 Å². The molecule has 8 nitrogen and oxygen atoms in total. The third-order valence-corrected chi connectivity index (χ3v) is 5.05. The maximum Gasteiger partial charge on any atom is 0.357 e. The molecular weight excluding hydrogens is 286 g/mol. The molecule has 0 aliphatic heterocycles. The van der Waals surface area contributed by atoms with E-state index in [0.717, 1.165) is 12.8 Å². The second-order valence-corrected chi connectivity index (χ2v) is 6.56. The number of hydrogen-bond acceptors (Lipinski definition) is 5. The van der Waals surface area contributed by atoms with Gasteiger partial charge in [-0.05, 0) is 19.8 Å². The van der Waals surface area contributed by atoms with E-state index in [-0.39, 0.29) is 10.6 Å². The molecule has 0 amide bonds. The fourth-order valence-electron chi connectivity index (χ4n) is 2.40. The molecule has 1 aromatic heterocycles. The van der Waals surface area contributed by atoms with E-state index in [0.29, 0.717) is 12.8 Å². The van der Waals surface area contributed by atoms with Gasteiger partial charge in [0.2, 0.25) is 10.0 Å². The Morgan fingerprint density at radius 3 is 2.65 bits per heavy atom. The molecule has 112 valence electrons. The van der Waals surface area contributed by atoms with Gasteiger partial charge in [-0.3, -0.25) is 5.10 Å². The number of nitrogens with one attached hydrogen (secondary N) is 2. The van der Waals surface area contributed by atoms with Crippen molar-refractivity contribution in [3.8, 4) is 0 Å². The lowest BCUT2D eigenvalue weighted by molar-refractivity contribution is 0.0686. The highest BCUT2D eigenvalue weighted by Crippen LogP contribution is 2.23. The van der Waals surface area contributed by atoms with E-state index < -0.39 is 33.8 Å². The van der Waals surface area contributed by atoms with Gasteiger partial charge in [0.15, 0.2) is 5.69 Å². The highest BCUT2D eigenvalue weighted by Gasteiger charge is 2.33. The largest absolute Gasteiger partial charge is 0.476 e. The number of aliphatic hydroxyl groups excluding tert-OH is 1. The topological polar surface area (TPSA) is 132 Å². The summed E-state index contributed by atoms with van der Waals surface area (Å²) in [5.74, 6) is -1.42. The summed E-state index contributed by atoms with van der Waals surface area (Å²) in [6, 6.07) is -0.593. The lowest BCUT2D eigenvalue weighted by Crippen LogP contribution is -2.45. The number of aromatic amines is 1. The number of nitrogens with zero attached hydrogens (tertiary/aromatic N) is 1. The summed E-state index contributed by atoms with van der Waals surface area (Å²) in [4.78, 5) is 10.6. The summed E-state index contributed by atoms with van der Waals surface area (Å²) >= 11 is 0. The summed E-state index contributed by atoms with van der Waals surface area (Å²) in [5.41, 5.74) is -0.388. The van der Waals surface area contributed by atoms with Gasteiger partial charge in [-0.2, -0.15) is 5.10 Å². The van der Waals surface area contributed by atoms with Crippen LogP contribution in [0.2, 0.25) is 0 Å². The number of aromatic carboxylic acids is 1. The number of sulfonamides is 1. The van der Waals surface area contributed by atoms with Gasteiger partial charge in [-0.25, -0.2) is 17.9 Å². The van der Waals surface area contributed by atoms with Crippen molar-refractivity contribution in [2.24, 2.45) is 0 Å². The molecule has 1 heterocycles. The van der Waals surface area contributed by atoms with E-state index in [1.54, 1.807) is 0 Å². The van der Waals surface area contributed by atoms with Gasteiger partial charge in [0.05, 0.1) is 11.8 Å². The van der Waals surface area contributed by atoms with Crippen molar-refractivity contribution in [2.75, 3.05) is 0 Å². The van der Waals surface area contributed by atoms with Crippen LogP contribution in [-0.4, -0.2) is 46.9 Å². The molecule has 1 aliphatic rings. The number of aliphatic hydroxyl groups is 1. The molecule has 0 aromatic carbocycles. The maximum atomic E-state index is 12.3. The molecular formula is C11H17N3O5S. The Hall–Kier alpha value is -1.45. The summed E-state index contributed by atoms with van der Waals surface area (Å²) in [5, 5.41) is 24.6. The monoisotopic (exact) mass is 303 g/mol. The first-order chi connectivity index (χ1) is 9.33. The van der Waals surface area contributed by atoms with Crippen LogP contribution >= 0.6 is 0 Å². The molecule has 0 saturated heterocycles. The van der Waals surface area contributed by atoms with Crippen molar-refractivity contribution in [1.29, 1.82) is 0 Å². The molecule has 0 bridgehead atoms. The second kappa shape index (κ2) is 5.51. The number of aromatic nitrogens is 2. The second-order valence-electron chi connectivity index (χ2n) is 4.91. The smallest absolute Gasteiger partial charge is 0.357 e. The van der Waals surface area contributed by atoms with E-state index in [4.69, 9.17) is 5.11 Å². The number of H-pyrrole nitrogens is 1. The van der Waals surface area contributed by atoms with Gasteiger partial charge in [0.25, 0.3) is 0 Å². The van der Waals surface area contributed by atoms with Gasteiger partial charge in [0, 0.05) is 6.04 Å². The van der Waals surface area contributed by atoms with Crippen LogP contribution in [0.1, 0.15) is 41.9 Å². The van der Waals surface area contributed by atoms with E-state index >= 15 is 0 Å². The highest BCUT2D eigenvalue weighted by atomic mass is 32.2. The Bertz CT molecular complexity index is 610. The highest BCUT2D eigenvalue weighted by molar-refractivity contribution is 7.89. The Morgan fingerprint density at radius 2 is 2.05 bits per heavy atom. The van der Waals surface area contributed by atoms with Crippen molar-refractivity contribution < 1.29 is 23.4 Å². The molecule has 1 aliphatic carbocycles. The van der Waals surface area contributed by atoms with Crippen molar-refractivity contribution in [3.05, 3.63) is 11.4 Å². The molecule has 9 heteroatoms. The van der Waals surface area contributed by atoms with Crippen LogP contribution in [0.15, 0.2) is 4.90 Å². The molecule has 0 unspecified atom stereocenters. The first kappa shape index (κ1) is 14.9. The molecule has 0 spiro atoms. The number of carbonyl (C=O) groups is 1. The van der Waals surface area contributed by atoms with Gasteiger partial charge in [-0.1, -0.05) is 12.8 Å². The van der Waals surface area contributed by atoms with Crippen molar-refractivity contribution >= 4 is 16.0 Å². The molecule has 0 radical (unpaired) electrons. The Kier molecular flexibility index (Phi) is 4.11. The lowest BCUT2D eigenvalue weighted by atomic mass is 9.93. The number of aryl methyl sites for hydroxylation is 1.